The lowest BCUT2D eigenvalue weighted by molar-refractivity contribution is 0.0372. The second kappa shape index (κ2) is 5.07. The molecule has 5 nitrogen and oxygen atoms in total. The molecule has 0 fully saturated rings. The van der Waals surface area contributed by atoms with Crippen LogP contribution in [0.15, 0.2) is 12.1 Å². The number of carbonyl (C=O) groups is 2. The fourth-order valence-corrected chi connectivity index (χ4v) is 2.03. The maximum Gasteiger partial charge on any atom is 0.359 e. The summed E-state index contributed by atoms with van der Waals surface area (Å²) >= 11 is 0. The van der Waals surface area contributed by atoms with Gasteiger partial charge in [0.25, 0.3) is 0 Å². The molecule has 5 heteroatoms. The number of nitrogens with zero attached hydrogens (tertiary/aromatic N) is 2. The van der Waals surface area contributed by atoms with Crippen molar-refractivity contribution in [2.24, 2.45) is 0 Å². The highest BCUT2D eigenvalue weighted by molar-refractivity contribution is 6.05. The summed E-state index contributed by atoms with van der Waals surface area (Å²) in [5, 5.41) is 4.76. The van der Waals surface area contributed by atoms with Gasteiger partial charge >= 0.3 is 5.97 Å². The van der Waals surface area contributed by atoms with Crippen LogP contribution in [-0.2, 0) is 4.74 Å². The van der Waals surface area contributed by atoms with Crippen molar-refractivity contribution >= 4 is 22.8 Å². The van der Waals surface area contributed by atoms with E-state index >= 15 is 0 Å². The Hall–Kier alpha value is -2.17. The lowest BCUT2D eigenvalue weighted by atomic mass is 10.1. The van der Waals surface area contributed by atoms with E-state index in [1.807, 2.05) is 26.0 Å². The number of carbonyl (C=O) groups excluding carboxylic acids is 2. The average Bonchev–Trinajstić information content (AvgIpc) is 2.67. The maximum absolute atomic E-state index is 12.1. The quantitative estimate of drug-likeness (QED) is 0.790. The fourth-order valence-electron chi connectivity index (χ4n) is 2.03. The van der Waals surface area contributed by atoms with E-state index in [0.29, 0.717) is 10.9 Å². The second-order valence-electron chi connectivity index (χ2n) is 5.19. The standard InChI is InChI=1S/C15H18N2O3/c1-8(2)20-15(19)14-12-6-9(3)10(4)7-13(12)17(16-14)11(5)18/h6-8H,1-5H3. The van der Waals surface area contributed by atoms with Gasteiger partial charge < -0.3 is 4.74 Å². The van der Waals surface area contributed by atoms with E-state index in [0.717, 1.165) is 11.1 Å². The van der Waals surface area contributed by atoms with E-state index in [2.05, 4.69) is 5.10 Å². The summed E-state index contributed by atoms with van der Waals surface area (Å²) < 4.78 is 6.43. The van der Waals surface area contributed by atoms with Gasteiger partial charge in [-0.3, -0.25) is 4.79 Å². The van der Waals surface area contributed by atoms with Gasteiger partial charge in [-0.2, -0.15) is 9.78 Å². The lowest BCUT2D eigenvalue weighted by Gasteiger charge is -2.06. The number of aryl methyl sites for hydroxylation is 2. The molecule has 0 atom stereocenters. The van der Waals surface area contributed by atoms with Crippen molar-refractivity contribution in [1.82, 2.24) is 9.78 Å². The third-order valence-electron chi connectivity index (χ3n) is 3.13. The number of esters is 1. The molecule has 0 spiro atoms. The summed E-state index contributed by atoms with van der Waals surface area (Å²) in [6, 6.07) is 3.74. The summed E-state index contributed by atoms with van der Waals surface area (Å²) in [6.07, 6.45) is -0.230. The van der Waals surface area contributed by atoms with Gasteiger partial charge in [0.1, 0.15) is 0 Å². The minimum Gasteiger partial charge on any atom is -0.458 e. The summed E-state index contributed by atoms with van der Waals surface area (Å²) in [5.74, 6) is -0.741. The molecule has 0 N–H and O–H groups in total. The second-order valence-corrected chi connectivity index (χ2v) is 5.19. The molecular weight excluding hydrogens is 256 g/mol. The summed E-state index contributed by atoms with van der Waals surface area (Å²) in [5.41, 5.74) is 2.91. The molecule has 0 unspecified atom stereocenters. The fraction of sp³-hybridized carbons (Fsp3) is 0.400. The molecule has 2 aromatic rings. The first-order chi connectivity index (χ1) is 9.31. The largest absolute Gasteiger partial charge is 0.458 e. The van der Waals surface area contributed by atoms with Gasteiger partial charge in [0.15, 0.2) is 5.69 Å². The van der Waals surface area contributed by atoms with E-state index < -0.39 is 5.97 Å². The van der Waals surface area contributed by atoms with Crippen molar-refractivity contribution in [2.75, 3.05) is 0 Å². The van der Waals surface area contributed by atoms with Crippen molar-refractivity contribution in [3.8, 4) is 0 Å². The molecule has 0 bridgehead atoms. The molecular formula is C15H18N2O3. The normalized spacial score (nSPS) is 11.1. The third-order valence-corrected chi connectivity index (χ3v) is 3.13. The van der Waals surface area contributed by atoms with E-state index in [1.165, 1.54) is 11.6 Å². The molecule has 0 aliphatic rings. The molecule has 0 radical (unpaired) electrons. The van der Waals surface area contributed by atoms with Gasteiger partial charge in [0.05, 0.1) is 11.6 Å². The molecule has 0 amide bonds. The Balaban J connectivity index is 2.69. The zero-order valence-electron chi connectivity index (χ0n) is 12.4. The molecule has 1 aromatic carbocycles. The van der Waals surface area contributed by atoms with Gasteiger partial charge in [-0.25, -0.2) is 4.79 Å². The number of benzene rings is 1. The highest BCUT2D eigenvalue weighted by atomic mass is 16.5. The van der Waals surface area contributed by atoms with Gasteiger partial charge in [0.2, 0.25) is 5.91 Å². The molecule has 1 aromatic heterocycles. The Kier molecular flexibility index (Phi) is 3.61. The minimum atomic E-state index is -0.506. The summed E-state index contributed by atoms with van der Waals surface area (Å²) in [6.45, 7) is 8.88. The van der Waals surface area contributed by atoms with Crippen LogP contribution < -0.4 is 0 Å². The van der Waals surface area contributed by atoms with Gasteiger partial charge in [-0.1, -0.05) is 0 Å². The first-order valence-corrected chi connectivity index (χ1v) is 6.53. The number of hydrogen-bond acceptors (Lipinski definition) is 4. The van der Waals surface area contributed by atoms with Crippen molar-refractivity contribution in [3.63, 3.8) is 0 Å². The highest BCUT2D eigenvalue weighted by Crippen LogP contribution is 2.23. The first kappa shape index (κ1) is 14.2. The summed E-state index contributed by atoms with van der Waals surface area (Å²) in [4.78, 5) is 23.8. The smallest absolute Gasteiger partial charge is 0.359 e. The van der Waals surface area contributed by atoms with Crippen LogP contribution in [0, 0.1) is 13.8 Å². The van der Waals surface area contributed by atoms with Gasteiger partial charge in [-0.15, -0.1) is 0 Å². The summed E-state index contributed by atoms with van der Waals surface area (Å²) in [7, 11) is 0. The maximum atomic E-state index is 12.1. The average molecular weight is 274 g/mol. The van der Waals surface area contributed by atoms with Crippen molar-refractivity contribution < 1.29 is 14.3 Å². The zero-order chi connectivity index (χ0) is 15.0. The SMILES string of the molecule is CC(=O)n1nc(C(=O)OC(C)C)c2cc(C)c(C)cc21. The number of rotatable bonds is 2. The molecule has 0 saturated carbocycles. The van der Waals surface area contributed by atoms with E-state index in [1.54, 1.807) is 13.8 Å². The predicted octanol–water partition coefficient (Wildman–Crippen LogP) is 2.88. The Bertz CT molecular complexity index is 699. The molecule has 0 saturated heterocycles. The van der Waals surface area contributed by atoms with Crippen LogP contribution in [0.3, 0.4) is 0 Å². The number of fused-ring (bicyclic) bond motifs is 1. The van der Waals surface area contributed by atoms with Crippen molar-refractivity contribution in [2.45, 2.75) is 40.7 Å². The molecule has 106 valence electrons. The highest BCUT2D eigenvalue weighted by Gasteiger charge is 2.21. The molecule has 0 aliphatic heterocycles. The van der Waals surface area contributed by atoms with Crippen LogP contribution in [0.5, 0.6) is 0 Å². The van der Waals surface area contributed by atoms with Crippen molar-refractivity contribution in [1.29, 1.82) is 0 Å². The number of ether oxygens (including phenoxy) is 1. The number of hydrogen-bond donors (Lipinski definition) is 0. The van der Waals surface area contributed by atoms with Gasteiger partial charge in [-0.05, 0) is 51.0 Å². The molecule has 2 rings (SSSR count). The number of aromatic nitrogens is 2. The van der Waals surface area contributed by atoms with Crippen LogP contribution in [-0.4, -0.2) is 27.8 Å². The monoisotopic (exact) mass is 274 g/mol. The Labute approximate surface area is 117 Å². The van der Waals surface area contributed by atoms with E-state index in [9.17, 15) is 9.59 Å². The van der Waals surface area contributed by atoms with Crippen molar-refractivity contribution in [3.05, 3.63) is 29.0 Å². The third kappa shape index (κ3) is 2.43. The Morgan fingerprint density at radius 1 is 1.20 bits per heavy atom. The molecule has 0 aliphatic carbocycles. The zero-order valence-corrected chi connectivity index (χ0v) is 12.4. The lowest BCUT2D eigenvalue weighted by Crippen LogP contribution is -2.14. The van der Waals surface area contributed by atoms with Gasteiger partial charge in [0, 0.05) is 12.3 Å². The molecule has 1 heterocycles. The Morgan fingerprint density at radius 2 is 1.80 bits per heavy atom. The topological polar surface area (TPSA) is 61.2 Å². The minimum absolute atomic E-state index is 0.187. The molecule has 20 heavy (non-hydrogen) atoms. The Morgan fingerprint density at radius 3 is 2.35 bits per heavy atom. The van der Waals surface area contributed by atoms with Crippen LogP contribution >= 0.6 is 0 Å². The van der Waals surface area contributed by atoms with Crippen LogP contribution in [0.2, 0.25) is 0 Å². The van der Waals surface area contributed by atoms with Crippen LogP contribution in [0.4, 0.5) is 0 Å². The first-order valence-electron chi connectivity index (χ1n) is 6.53. The van der Waals surface area contributed by atoms with E-state index in [-0.39, 0.29) is 17.7 Å². The predicted molar refractivity (Wildman–Crippen MR) is 76.1 cm³/mol. The van der Waals surface area contributed by atoms with E-state index in [4.69, 9.17) is 4.74 Å². The van der Waals surface area contributed by atoms with Crippen LogP contribution in [0.25, 0.3) is 10.9 Å². The van der Waals surface area contributed by atoms with Crippen LogP contribution in [0.1, 0.15) is 47.2 Å².